The van der Waals surface area contributed by atoms with Crippen molar-refractivity contribution in [2.75, 3.05) is 0 Å². The molecule has 2 heterocycles. The van der Waals surface area contributed by atoms with Gasteiger partial charge >= 0.3 is 0 Å². The van der Waals surface area contributed by atoms with Gasteiger partial charge in [-0.25, -0.2) is 0 Å². The summed E-state index contributed by atoms with van der Waals surface area (Å²) in [5, 5.41) is 2.70. The van der Waals surface area contributed by atoms with E-state index in [4.69, 9.17) is 0 Å². The van der Waals surface area contributed by atoms with E-state index in [1.54, 1.807) is 18.0 Å². The maximum atomic E-state index is 12.2. The van der Waals surface area contributed by atoms with Gasteiger partial charge in [0.25, 0.3) is 0 Å². The van der Waals surface area contributed by atoms with E-state index in [2.05, 4.69) is 26.2 Å². The smallest absolute Gasteiger partial charge is 0.245 e. The Morgan fingerprint density at radius 2 is 2.16 bits per heavy atom. The topological polar surface area (TPSA) is 62.3 Å². The Labute approximate surface area is 120 Å². The summed E-state index contributed by atoms with van der Waals surface area (Å²) in [4.78, 5) is 30.0. The number of amides is 2. The zero-order chi connectivity index (χ0) is 14.0. The number of carbonyl (C=O) groups excluding carboxylic acids is 2. The van der Waals surface area contributed by atoms with E-state index in [9.17, 15) is 9.59 Å². The Morgan fingerprint density at radius 3 is 2.74 bits per heavy atom. The van der Waals surface area contributed by atoms with Crippen LogP contribution in [0.25, 0.3) is 0 Å². The predicted octanol–water partition coefficient (Wildman–Crippen LogP) is 1.47. The van der Waals surface area contributed by atoms with E-state index in [1.165, 1.54) is 0 Å². The molecule has 0 bridgehead atoms. The van der Waals surface area contributed by atoms with E-state index >= 15 is 0 Å². The third-order valence-electron chi connectivity index (χ3n) is 3.20. The van der Waals surface area contributed by atoms with E-state index in [-0.39, 0.29) is 11.8 Å². The van der Waals surface area contributed by atoms with E-state index in [0.717, 1.165) is 10.2 Å². The Morgan fingerprint density at radius 1 is 1.42 bits per heavy atom. The Balaban J connectivity index is 2.21. The molecule has 1 saturated heterocycles. The molecule has 0 radical (unpaired) electrons. The molecule has 2 amide bonds. The van der Waals surface area contributed by atoms with Gasteiger partial charge in [-0.15, -0.1) is 0 Å². The van der Waals surface area contributed by atoms with Crippen LogP contribution in [0.3, 0.4) is 0 Å². The summed E-state index contributed by atoms with van der Waals surface area (Å²) in [5.74, 6) is -0.150. The van der Waals surface area contributed by atoms with E-state index in [1.807, 2.05) is 19.1 Å². The van der Waals surface area contributed by atoms with Crippen LogP contribution in [0, 0.1) is 0 Å². The fourth-order valence-electron chi connectivity index (χ4n) is 2.18. The summed E-state index contributed by atoms with van der Waals surface area (Å²) >= 11 is 3.32. The van der Waals surface area contributed by atoms with Crippen LogP contribution in [0.15, 0.2) is 22.8 Å². The lowest BCUT2D eigenvalue weighted by Crippen LogP contribution is -2.61. The van der Waals surface area contributed by atoms with Crippen molar-refractivity contribution in [3.8, 4) is 0 Å². The van der Waals surface area contributed by atoms with Crippen LogP contribution in [0.4, 0.5) is 0 Å². The molecule has 2 unspecified atom stereocenters. The van der Waals surface area contributed by atoms with Gasteiger partial charge in [-0.05, 0) is 41.4 Å². The van der Waals surface area contributed by atoms with Gasteiger partial charge < -0.3 is 10.2 Å². The van der Waals surface area contributed by atoms with Crippen molar-refractivity contribution in [2.45, 2.75) is 38.9 Å². The highest BCUT2D eigenvalue weighted by Gasteiger charge is 2.37. The normalized spacial score (nSPS) is 23.4. The molecule has 0 aliphatic carbocycles. The maximum absolute atomic E-state index is 12.2. The molecular weight excluding hydrogens is 310 g/mol. The second-order valence-corrected chi connectivity index (χ2v) is 5.50. The fraction of sp³-hybridized carbons (Fsp3) is 0.462. The Kier molecular flexibility index (Phi) is 4.19. The largest absolute Gasteiger partial charge is 0.343 e. The summed E-state index contributed by atoms with van der Waals surface area (Å²) in [7, 11) is 0. The first kappa shape index (κ1) is 14.0. The molecule has 1 aliphatic rings. The third-order valence-corrected chi connectivity index (χ3v) is 3.67. The van der Waals surface area contributed by atoms with Crippen molar-refractivity contribution in [2.24, 2.45) is 0 Å². The average Bonchev–Trinajstić information content (AvgIpc) is 2.38. The standard InChI is InChI=1S/C13H16BrN3O2/c1-3-11-12(18)16-8(2)13(19)17(11)7-10-5-4-9(14)6-15-10/h4-6,8,11H,3,7H2,1-2H3,(H,16,18). The monoisotopic (exact) mass is 325 g/mol. The van der Waals surface area contributed by atoms with Gasteiger partial charge in [0, 0.05) is 10.7 Å². The van der Waals surface area contributed by atoms with Crippen molar-refractivity contribution >= 4 is 27.7 Å². The predicted molar refractivity (Wildman–Crippen MR) is 74.2 cm³/mol. The highest BCUT2D eigenvalue weighted by atomic mass is 79.9. The highest BCUT2D eigenvalue weighted by Crippen LogP contribution is 2.17. The number of pyridine rings is 1. The molecule has 1 aromatic heterocycles. The quantitative estimate of drug-likeness (QED) is 0.915. The van der Waals surface area contributed by atoms with Crippen molar-refractivity contribution < 1.29 is 9.59 Å². The second-order valence-electron chi connectivity index (χ2n) is 4.59. The van der Waals surface area contributed by atoms with Crippen LogP contribution >= 0.6 is 15.9 Å². The molecule has 0 saturated carbocycles. The molecule has 1 aliphatic heterocycles. The van der Waals surface area contributed by atoms with Crippen LogP contribution in [0.2, 0.25) is 0 Å². The third kappa shape index (κ3) is 2.94. The fourth-order valence-corrected chi connectivity index (χ4v) is 2.42. The summed E-state index contributed by atoms with van der Waals surface area (Å²) in [6.07, 6.45) is 2.29. The number of hydrogen-bond acceptors (Lipinski definition) is 3. The zero-order valence-electron chi connectivity index (χ0n) is 10.9. The average molecular weight is 326 g/mol. The lowest BCUT2D eigenvalue weighted by Gasteiger charge is -2.37. The second kappa shape index (κ2) is 5.69. The van der Waals surface area contributed by atoms with Crippen LogP contribution in [0.1, 0.15) is 26.0 Å². The first-order valence-corrected chi connectivity index (χ1v) is 7.03. The van der Waals surface area contributed by atoms with E-state index < -0.39 is 12.1 Å². The van der Waals surface area contributed by atoms with Gasteiger partial charge in [0.05, 0.1) is 12.2 Å². The van der Waals surface area contributed by atoms with Crippen molar-refractivity contribution in [3.63, 3.8) is 0 Å². The van der Waals surface area contributed by atoms with Gasteiger partial charge in [0.15, 0.2) is 0 Å². The van der Waals surface area contributed by atoms with Crippen LogP contribution < -0.4 is 5.32 Å². The number of hydrogen-bond donors (Lipinski definition) is 1. The number of carbonyl (C=O) groups is 2. The minimum absolute atomic E-state index is 0.0591. The number of nitrogens with zero attached hydrogens (tertiary/aromatic N) is 2. The van der Waals surface area contributed by atoms with Gasteiger partial charge in [0.2, 0.25) is 11.8 Å². The van der Waals surface area contributed by atoms with Gasteiger partial charge in [-0.2, -0.15) is 0 Å². The number of aromatic nitrogens is 1. The van der Waals surface area contributed by atoms with Crippen molar-refractivity contribution in [3.05, 3.63) is 28.5 Å². The maximum Gasteiger partial charge on any atom is 0.245 e. The molecule has 1 N–H and O–H groups in total. The first-order chi connectivity index (χ1) is 9.02. The molecule has 2 rings (SSSR count). The first-order valence-electron chi connectivity index (χ1n) is 6.24. The molecule has 0 aromatic carbocycles. The van der Waals surface area contributed by atoms with Crippen LogP contribution in [0.5, 0.6) is 0 Å². The van der Waals surface area contributed by atoms with Crippen LogP contribution in [-0.2, 0) is 16.1 Å². The lowest BCUT2D eigenvalue weighted by atomic mass is 10.1. The van der Waals surface area contributed by atoms with Crippen LogP contribution in [-0.4, -0.2) is 33.8 Å². The van der Waals surface area contributed by atoms with Crippen molar-refractivity contribution in [1.82, 2.24) is 15.2 Å². The summed E-state index contributed by atoms with van der Waals surface area (Å²) in [5.41, 5.74) is 0.775. The number of rotatable bonds is 3. The molecule has 1 aromatic rings. The van der Waals surface area contributed by atoms with Gasteiger partial charge in [-0.3, -0.25) is 14.6 Å². The SMILES string of the molecule is CCC1C(=O)NC(C)C(=O)N1Cc1ccc(Br)cn1. The lowest BCUT2D eigenvalue weighted by molar-refractivity contribution is -0.149. The molecule has 19 heavy (non-hydrogen) atoms. The molecule has 102 valence electrons. The minimum atomic E-state index is -0.467. The zero-order valence-corrected chi connectivity index (χ0v) is 12.5. The highest BCUT2D eigenvalue weighted by molar-refractivity contribution is 9.10. The Bertz CT molecular complexity index is 489. The van der Waals surface area contributed by atoms with Crippen molar-refractivity contribution in [1.29, 1.82) is 0 Å². The summed E-state index contributed by atoms with van der Waals surface area (Å²) < 4.78 is 0.888. The molecule has 5 nitrogen and oxygen atoms in total. The molecule has 0 spiro atoms. The number of nitrogens with one attached hydrogen (secondary N) is 1. The number of halogens is 1. The number of piperazine rings is 1. The molecule has 1 fully saturated rings. The molecular formula is C13H16BrN3O2. The Hall–Kier alpha value is -1.43. The molecule has 6 heteroatoms. The minimum Gasteiger partial charge on any atom is -0.343 e. The van der Waals surface area contributed by atoms with Gasteiger partial charge in [-0.1, -0.05) is 6.92 Å². The van der Waals surface area contributed by atoms with E-state index in [0.29, 0.717) is 13.0 Å². The molecule has 2 atom stereocenters. The van der Waals surface area contributed by atoms with Gasteiger partial charge in [0.1, 0.15) is 12.1 Å². The summed E-state index contributed by atoms with van der Waals surface area (Å²) in [6, 6.07) is 2.85. The summed E-state index contributed by atoms with van der Waals surface area (Å²) in [6.45, 7) is 3.96.